The summed E-state index contributed by atoms with van der Waals surface area (Å²) in [6, 6.07) is 9.54. The van der Waals surface area contributed by atoms with Gasteiger partial charge in [-0.1, -0.05) is 51.1 Å². The molecule has 0 bridgehead atoms. The summed E-state index contributed by atoms with van der Waals surface area (Å²) in [5.41, 5.74) is 1.28. The summed E-state index contributed by atoms with van der Waals surface area (Å²) in [6.07, 6.45) is 0.897. The lowest BCUT2D eigenvalue weighted by Crippen LogP contribution is -2.38. The molecule has 0 aliphatic carbocycles. The van der Waals surface area contributed by atoms with Crippen LogP contribution in [0.3, 0.4) is 0 Å². The number of nitrogens with one attached hydrogen (secondary N) is 1. The first-order chi connectivity index (χ1) is 8.29. The highest BCUT2D eigenvalue weighted by Crippen LogP contribution is 2.29. The lowest BCUT2D eigenvalue weighted by molar-refractivity contribution is -0.139. The van der Waals surface area contributed by atoms with Gasteiger partial charge >= 0.3 is 5.97 Å². The predicted molar refractivity (Wildman–Crippen MR) is 73.5 cm³/mol. The van der Waals surface area contributed by atoms with Crippen molar-refractivity contribution < 1.29 is 9.90 Å². The molecule has 0 aromatic heterocycles. The maximum absolute atomic E-state index is 11.0. The molecular weight excluding hydrogens is 226 g/mol. The van der Waals surface area contributed by atoms with Gasteiger partial charge in [-0.2, -0.15) is 0 Å². The second-order valence-electron chi connectivity index (χ2n) is 5.95. The van der Waals surface area contributed by atoms with Crippen LogP contribution in [0, 0.1) is 5.41 Å². The van der Waals surface area contributed by atoms with Crippen LogP contribution in [0.4, 0.5) is 0 Å². The van der Waals surface area contributed by atoms with E-state index in [9.17, 15) is 4.79 Å². The highest BCUT2D eigenvalue weighted by molar-refractivity contribution is 5.72. The standard InChI is InChI=1S/C15H23NO2/c1-11(14(17)18)16-13(10-15(2,3)4)12-8-6-5-7-9-12/h5-9,11,13,16H,10H2,1-4H3,(H,17,18). The molecular formula is C15H23NO2. The molecule has 2 N–H and O–H groups in total. The van der Waals surface area contributed by atoms with E-state index in [0.29, 0.717) is 0 Å². The summed E-state index contributed by atoms with van der Waals surface area (Å²) >= 11 is 0. The van der Waals surface area contributed by atoms with Gasteiger partial charge in [-0.25, -0.2) is 0 Å². The number of benzene rings is 1. The molecule has 0 amide bonds. The van der Waals surface area contributed by atoms with Gasteiger partial charge in [0.2, 0.25) is 0 Å². The summed E-state index contributed by atoms with van der Waals surface area (Å²) < 4.78 is 0. The van der Waals surface area contributed by atoms with Crippen molar-refractivity contribution in [2.45, 2.75) is 46.2 Å². The normalized spacial score (nSPS) is 15.1. The van der Waals surface area contributed by atoms with Gasteiger partial charge in [-0.05, 0) is 24.3 Å². The highest BCUT2D eigenvalue weighted by atomic mass is 16.4. The zero-order valence-electron chi connectivity index (χ0n) is 11.6. The molecule has 3 heteroatoms. The number of hydrogen-bond acceptors (Lipinski definition) is 2. The second kappa shape index (κ2) is 6.01. The number of carboxylic acid groups (broad SMARTS) is 1. The van der Waals surface area contributed by atoms with Crippen molar-refractivity contribution >= 4 is 5.97 Å². The van der Waals surface area contributed by atoms with E-state index in [1.165, 1.54) is 0 Å². The van der Waals surface area contributed by atoms with E-state index in [2.05, 4.69) is 26.1 Å². The van der Waals surface area contributed by atoms with Crippen LogP contribution >= 0.6 is 0 Å². The largest absolute Gasteiger partial charge is 0.480 e. The van der Waals surface area contributed by atoms with Crippen molar-refractivity contribution in [2.75, 3.05) is 0 Å². The Labute approximate surface area is 109 Å². The van der Waals surface area contributed by atoms with Crippen LogP contribution in [0.5, 0.6) is 0 Å². The molecule has 2 unspecified atom stereocenters. The highest BCUT2D eigenvalue weighted by Gasteiger charge is 2.23. The SMILES string of the molecule is CC(NC(CC(C)(C)C)c1ccccc1)C(=O)O. The minimum atomic E-state index is -0.815. The van der Waals surface area contributed by atoms with Gasteiger partial charge in [-0.3, -0.25) is 10.1 Å². The fourth-order valence-electron chi connectivity index (χ4n) is 1.94. The van der Waals surface area contributed by atoms with Crippen LogP contribution in [0.1, 0.15) is 45.7 Å². The van der Waals surface area contributed by atoms with Crippen molar-refractivity contribution in [3.8, 4) is 0 Å². The van der Waals surface area contributed by atoms with Crippen molar-refractivity contribution in [1.82, 2.24) is 5.32 Å². The Morgan fingerprint density at radius 2 is 1.83 bits per heavy atom. The average Bonchev–Trinajstić information content (AvgIpc) is 2.27. The minimum absolute atomic E-state index is 0.0669. The van der Waals surface area contributed by atoms with E-state index in [4.69, 9.17) is 5.11 Å². The summed E-state index contributed by atoms with van der Waals surface area (Å²) in [5.74, 6) is -0.815. The zero-order chi connectivity index (χ0) is 13.8. The van der Waals surface area contributed by atoms with Gasteiger partial charge in [0.25, 0.3) is 0 Å². The molecule has 1 aromatic carbocycles. The topological polar surface area (TPSA) is 49.3 Å². The Balaban J connectivity index is 2.86. The first-order valence-electron chi connectivity index (χ1n) is 6.33. The van der Waals surface area contributed by atoms with E-state index in [-0.39, 0.29) is 11.5 Å². The van der Waals surface area contributed by atoms with E-state index in [1.807, 2.05) is 30.3 Å². The van der Waals surface area contributed by atoms with E-state index in [0.717, 1.165) is 12.0 Å². The molecule has 0 fully saturated rings. The molecule has 2 atom stereocenters. The number of aliphatic carboxylic acids is 1. The maximum atomic E-state index is 11.0. The smallest absolute Gasteiger partial charge is 0.320 e. The van der Waals surface area contributed by atoms with Crippen LogP contribution < -0.4 is 5.32 Å². The molecule has 1 aromatic rings. The summed E-state index contributed by atoms with van der Waals surface area (Å²) in [4.78, 5) is 11.0. The molecule has 0 spiro atoms. The van der Waals surface area contributed by atoms with Crippen molar-refractivity contribution in [3.63, 3.8) is 0 Å². The third-order valence-corrected chi connectivity index (χ3v) is 2.84. The van der Waals surface area contributed by atoms with Crippen molar-refractivity contribution in [1.29, 1.82) is 0 Å². The van der Waals surface area contributed by atoms with Gasteiger partial charge in [0.1, 0.15) is 6.04 Å². The lowest BCUT2D eigenvalue weighted by atomic mass is 9.85. The Bertz CT molecular complexity index is 381. The van der Waals surface area contributed by atoms with Crippen LogP contribution in [0.2, 0.25) is 0 Å². The molecule has 18 heavy (non-hydrogen) atoms. The Hall–Kier alpha value is -1.35. The molecule has 0 saturated carbocycles. The summed E-state index contributed by atoms with van der Waals surface area (Å²) in [5, 5.41) is 12.2. The third kappa shape index (κ3) is 4.88. The van der Waals surface area contributed by atoms with Crippen LogP contribution in [-0.4, -0.2) is 17.1 Å². The minimum Gasteiger partial charge on any atom is -0.480 e. The van der Waals surface area contributed by atoms with Crippen LogP contribution in [-0.2, 0) is 4.79 Å². The number of hydrogen-bond donors (Lipinski definition) is 2. The molecule has 1 rings (SSSR count). The molecule has 0 aliphatic rings. The zero-order valence-corrected chi connectivity index (χ0v) is 11.6. The summed E-state index contributed by atoms with van der Waals surface area (Å²) in [6.45, 7) is 8.17. The van der Waals surface area contributed by atoms with Gasteiger partial charge in [0, 0.05) is 6.04 Å². The third-order valence-electron chi connectivity index (χ3n) is 2.84. The molecule has 100 valence electrons. The first kappa shape index (κ1) is 14.7. The Morgan fingerprint density at radius 3 is 2.28 bits per heavy atom. The molecule has 3 nitrogen and oxygen atoms in total. The molecule has 0 saturated heterocycles. The van der Waals surface area contributed by atoms with Crippen LogP contribution in [0.25, 0.3) is 0 Å². The average molecular weight is 249 g/mol. The molecule has 0 heterocycles. The fourth-order valence-corrected chi connectivity index (χ4v) is 1.94. The van der Waals surface area contributed by atoms with Crippen molar-refractivity contribution in [2.24, 2.45) is 5.41 Å². The van der Waals surface area contributed by atoms with Gasteiger partial charge in [0.05, 0.1) is 0 Å². The predicted octanol–water partition coefficient (Wildman–Crippen LogP) is 3.23. The van der Waals surface area contributed by atoms with Gasteiger partial charge in [-0.15, -0.1) is 0 Å². The lowest BCUT2D eigenvalue weighted by Gasteiger charge is -2.28. The monoisotopic (exact) mass is 249 g/mol. The summed E-state index contributed by atoms with van der Waals surface area (Å²) in [7, 11) is 0. The molecule has 0 aliphatic heterocycles. The molecule has 0 radical (unpaired) electrons. The fraction of sp³-hybridized carbons (Fsp3) is 0.533. The number of rotatable bonds is 5. The quantitative estimate of drug-likeness (QED) is 0.842. The van der Waals surface area contributed by atoms with Crippen LogP contribution in [0.15, 0.2) is 30.3 Å². The van der Waals surface area contributed by atoms with Gasteiger partial charge < -0.3 is 5.11 Å². The maximum Gasteiger partial charge on any atom is 0.320 e. The van der Waals surface area contributed by atoms with E-state index < -0.39 is 12.0 Å². The first-order valence-corrected chi connectivity index (χ1v) is 6.33. The van der Waals surface area contributed by atoms with E-state index in [1.54, 1.807) is 6.92 Å². The number of carboxylic acids is 1. The Morgan fingerprint density at radius 1 is 1.28 bits per heavy atom. The van der Waals surface area contributed by atoms with E-state index >= 15 is 0 Å². The second-order valence-corrected chi connectivity index (χ2v) is 5.95. The Kier molecular flexibility index (Phi) is 4.91. The van der Waals surface area contributed by atoms with Gasteiger partial charge in [0.15, 0.2) is 0 Å². The number of carbonyl (C=O) groups is 1. The van der Waals surface area contributed by atoms with Crippen molar-refractivity contribution in [3.05, 3.63) is 35.9 Å².